The monoisotopic (exact) mass is 378 g/mol. The molecule has 4 rings (SSSR count). The first-order valence-corrected chi connectivity index (χ1v) is 8.83. The first-order chi connectivity index (χ1) is 13.6. The van der Waals surface area contributed by atoms with E-state index in [-0.39, 0.29) is 18.7 Å². The molecule has 0 atom stereocenters. The third-order valence-electron chi connectivity index (χ3n) is 4.75. The molecule has 0 fully saturated rings. The molecule has 1 aliphatic rings. The van der Waals surface area contributed by atoms with Gasteiger partial charge in [-0.25, -0.2) is 23.4 Å². The molecule has 8 heteroatoms. The number of fused-ring (bicyclic) bond motifs is 1. The van der Waals surface area contributed by atoms with Crippen molar-refractivity contribution in [1.29, 1.82) is 0 Å². The van der Waals surface area contributed by atoms with Crippen LogP contribution in [0.3, 0.4) is 0 Å². The molecule has 0 saturated carbocycles. The van der Waals surface area contributed by atoms with Crippen molar-refractivity contribution in [1.82, 2.24) is 19.3 Å². The van der Waals surface area contributed by atoms with Crippen molar-refractivity contribution < 1.29 is 4.39 Å². The summed E-state index contributed by atoms with van der Waals surface area (Å²) in [6.45, 7) is 2.61. The third kappa shape index (κ3) is 3.18. The Kier molecular flexibility index (Phi) is 4.70. The molecule has 0 saturated heterocycles. The maximum atomic E-state index is 12.7. The van der Waals surface area contributed by atoms with E-state index in [2.05, 4.69) is 21.1 Å². The molecular weight excluding hydrogens is 359 g/mol. The molecule has 1 aliphatic heterocycles. The molecule has 0 unspecified atom stereocenters. The van der Waals surface area contributed by atoms with Crippen LogP contribution in [0, 0.1) is 6.92 Å². The van der Waals surface area contributed by atoms with Gasteiger partial charge in [-0.3, -0.25) is 4.99 Å². The zero-order valence-electron chi connectivity index (χ0n) is 15.3. The zero-order chi connectivity index (χ0) is 19.7. The lowest BCUT2D eigenvalue weighted by Crippen LogP contribution is -2.26. The molecule has 3 aromatic rings. The molecule has 0 aliphatic carbocycles. The number of aromatic nitrogens is 4. The quantitative estimate of drug-likeness (QED) is 0.736. The fraction of sp³-hybridized carbons (Fsp3) is 0.200. The molecule has 2 aromatic heterocycles. The number of hydrogen-bond donors (Lipinski definition) is 1. The number of rotatable bonds is 5. The van der Waals surface area contributed by atoms with Crippen LogP contribution in [0.5, 0.6) is 0 Å². The third-order valence-corrected chi connectivity index (χ3v) is 4.75. The van der Waals surface area contributed by atoms with Crippen LogP contribution in [0.1, 0.15) is 16.7 Å². The standard InChI is InChI=1S/C20H19FN6O/c1-13-4-17(15-2-3-16-8-23-9-18(16)5-15)10-24-19(13)26-12-25-27(20(26)28)11-14(6-21)7-22/h2-6,8,10,12H,7,9,11,22H2,1H3/b14-6+. The lowest BCUT2D eigenvalue weighted by atomic mass is 10.0. The van der Waals surface area contributed by atoms with Crippen LogP contribution < -0.4 is 11.4 Å². The Hall–Kier alpha value is -3.39. The average Bonchev–Trinajstić information content (AvgIpc) is 3.32. The Morgan fingerprint density at radius 2 is 2.18 bits per heavy atom. The Morgan fingerprint density at radius 3 is 2.93 bits per heavy atom. The van der Waals surface area contributed by atoms with Gasteiger partial charge in [-0.15, -0.1) is 0 Å². The Labute approximate surface area is 160 Å². The van der Waals surface area contributed by atoms with Gasteiger partial charge in [0.25, 0.3) is 0 Å². The van der Waals surface area contributed by atoms with Gasteiger partial charge in [-0.1, -0.05) is 12.1 Å². The number of pyridine rings is 1. The second-order valence-electron chi connectivity index (χ2n) is 6.66. The van der Waals surface area contributed by atoms with E-state index < -0.39 is 5.69 Å². The minimum Gasteiger partial charge on any atom is -0.327 e. The predicted octanol–water partition coefficient (Wildman–Crippen LogP) is 2.15. The first kappa shape index (κ1) is 18.0. The van der Waals surface area contributed by atoms with Crippen molar-refractivity contribution in [2.75, 3.05) is 6.54 Å². The van der Waals surface area contributed by atoms with E-state index in [1.165, 1.54) is 16.5 Å². The summed E-state index contributed by atoms with van der Waals surface area (Å²) in [5, 5.41) is 4.04. The number of nitrogens with zero attached hydrogens (tertiary/aromatic N) is 5. The maximum absolute atomic E-state index is 12.7. The van der Waals surface area contributed by atoms with Crippen molar-refractivity contribution in [2.24, 2.45) is 10.7 Å². The molecule has 142 valence electrons. The largest absolute Gasteiger partial charge is 0.351 e. The first-order valence-electron chi connectivity index (χ1n) is 8.83. The van der Waals surface area contributed by atoms with Crippen molar-refractivity contribution in [2.45, 2.75) is 20.0 Å². The van der Waals surface area contributed by atoms with Gasteiger partial charge >= 0.3 is 5.69 Å². The van der Waals surface area contributed by atoms with Crippen LogP contribution in [0.15, 0.2) is 58.5 Å². The van der Waals surface area contributed by atoms with Gasteiger partial charge < -0.3 is 5.73 Å². The summed E-state index contributed by atoms with van der Waals surface area (Å²) in [4.78, 5) is 21.3. The highest BCUT2D eigenvalue weighted by atomic mass is 19.1. The van der Waals surface area contributed by atoms with Gasteiger partial charge in [0.05, 0.1) is 19.4 Å². The molecule has 0 spiro atoms. The van der Waals surface area contributed by atoms with E-state index in [9.17, 15) is 9.18 Å². The number of aryl methyl sites for hydroxylation is 1. The maximum Gasteiger partial charge on any atom is 0.351 e. The van der Waals surface area contributed by atoms with Crippen LogP contribution in [0.4, 0.5) is 4.39 Å². The average molecular weight is 378 g/mol. The SMILES string of the molecule is Cc1cc(-c2ccc3c(c2)CN=C3)cnc1-n1cnn(C/C(=C/F)CN)c1=O. The number of nitrogens with two attached hydrogens (primary N) is 1. The molecule has 28 heavy (non-hydrogen) atoms. The Morgan fingerprint density at radius 1 is 1.32 bits per heavy atom. The van der Waals surface area contributed by atoms with Crippen LogP contribution in [-0.4, -0.2) is 32.1 Å². The summed E-state index contributed by atoms with van der Waals surface area (Å²) >= 11 is 0. The van der Waals surface area contributed by atoms with Crippen molar-refractivity contribution in [3.05, 3.63) is 75.9 Å². The number of hydrogen-bond acceptors (Lipinski definition) is 5. The highest BCUT2D eigenvalue weighted by Crippen LogP contribution is 2.26. The minimum atomic E-state index is -0.397. The van der Waals surface area contributed by atoms with Crippen LogP contribution in [0.25, 0.3) is 16.9 Å². The van der Waals surface area contributed by atoms with E-state index in [4.69, 9.17) is 5.73 Å². The molecule has 0 amide bonds. The summed E-state index contributed by atoms with van der Waals surface area (Å²) in [7, 11) is 0. The van der Waals surface area contributed by atoms with Crippen molar-refractivity contribution in [3.63, 3.8) is 0 Å². The van der Waals surface area contributed by atoms with Gasteiger partial charge in [0.15, 0.2) is 0 Å². The number of benzene rings is 1. The van der Waals surface area contributed by atoms with Gasteiger partial charge in [0.1, 0.15) is 12.1 Å². The number of halogens is 1. The van der Waals surface area contributed by atoms with E-state index in [1.807, 2.05) is 31.3 Å². The van der Waals surface area contributed by atoms with E-state index in [0.29, 0.717) is 18.7 Å². The fourth-order valence-electron chi connectivity index (χ4n) is 3.19. The van der Waals surface area contributed by atoms with Gasteiger partial charge in [0, 0.05) is 24.5 Å². The van der Waals surface area contributed by atoms with E-state index >= 15 is 0 Å². The summed E-state index contributed by atoms with van der Waals surface area (Å²) in [6, 6.07) is 8.18. The number of aliphatic imine (C=N–C) groups is 1. The molecule has 0 radical (unpaired) electrons. The highest BCUT2D eigenvalue weighted by Gasteiger charge is 2.13. The molecule has 1 aromatic carbocycles. The van der Waals surface area contributed by atoms with Crippen LogP contribution >= 0.6 is 0 Å². The summed E-state index contributed by atoms with van der Waals surface area (Å²) in [5.41, 5.74) is 10.5. The Balaban J connectivity index is 1.66. The zero-order valence-corrected chi connectivity index (χ0v) is 15.3. The van der Waals surface area contributed by atoms with Crippen LogP contribution in [-0.2, 0) is 13.1 Å². The van der Waals surface area contributed by atoms with E-state index in [1.54, 1.807) is 6.20 Å². The lowest BCUT2D eigenvalue weighted by Gasteiger charge is -2.09. The molecule has 7 nitrogen and oxygen atoms in total. The molecule has 3 heterocycles. The van der Waals surface area contributed by atoms with Crippen molar-refractivity contribution in [3.8, 4) is 16.9 Å². The second kappa shape index (κ2) is 7.32. The van der Waals surface area contributed by atoms with Gasteiger partial charge in [-0.2, -0.15) is 5.10 Å². The summed E-state index contributed by atoms with van der Waals surface area (Å²) in [5.74, 6) is 0.489. The van der Waals surface area contributed by atoms with Gasteiger partial charge in [0.2, 0.25) is 0 Å². The summed E-state index contributed by atoms with van der Waals surface area (Å²) < 4.78 is 15.3. The normalized spacial score (nSPS) is 13.2. The van der Waals surface area contributed by atoms with Crippen molar-refractivity contribution >= 4 is 6.21 Å². The second-order valence-corrected chi connectivity index (χ2v) is 6.66. The molecule has 0 bridgehead atoms. The van der Waals surface area contributed by atoms with Gasteiger partial charge in [-0.05, 0) is 46.9 Å². The van der Waals surface area contributed by atoms with E-state index in [0.717, 1.165) is 26.9 Å². The molecular formula is C20H19FN6O. The predicted molar refractivity (Wildman–Crippen MR) is 105 cm³/mol. The lowest BCUT2D eigenvalue weighted by molar-refractivity contribution is 0.612. The molecule has 2 N–H and O–H groups in total. The van der Waals surface area contributed by atoms with Crippen LogP contribution in [0.2, 0.25) is 0 Å². The fourth-order valence-corrected chi connectivity index (χ4v) is 3.19. The Bertz CT molecular complexity index is 1160. The minimum absolute atomic E-state index is 0.00710. The topological polar surface area (TPSA) is 91.1 Å². The smallest absolute Gasteiger partial charge is 0.327 e. The summed E-state index contributed by atoms with van der Waals surface area (Å²) in [6.07, 6.45) is 5.41. The highest BCUT2D eigenvalue weighted by molar-refractivity contribution is 5.86.